The maximum Gasteiger partial charge on any atom is 0.308 e. The Morgan fingerprint density at radius 1 is 1.28 bits per heavy atom. The highest BCUT2D eigenvalue weighted by Crippen LogP contribution is 2.38. The average molecular weight is 365 g/mol. The largest absolute Gasteiger partial charge is 0.481 e. The summed E-state index contributed by atoms with van der Waals surface area (Å²) in [6.07, 6.45) is 1.26. The van der Waals surface area contributed by atoms with Gasteiger partial charge in [-0.05, 0) is 30.5 Å². The zero-order chi connectivity index (χ0) is 18.1. The Kier molecular flexibility index (Phi) is 4.99. The van der Waals surface area contributed by atoms with Crippen LogP contribution in [0.1, 0.15) is 30.9 Å². The van der Waals surface area contributed by atoms with E-state index in [-0.39, 0.29) is 30.3 Å². The van der Waals surface area contributed by atoms with Gasteiger partial charge in [-0.1, -0.05) is 23.7 Å². The molecule has 0 aromatic heterocycles. The molecule has 2 fully saturated rings. The van der Waals surface area contributed by atoms with E-state index in [0.717, 1.165) is 5.56 Å². The summed E-state index contributed by atoms with van der Waals surface area (Å²) in [5, 5.41) is 9.71. The fourth-order valence-electron chi connectivity index (χ4n) is 3.84. The van der Waals surface area contributed by atoms with E-state index in [0.29, 0.717) is 30.8 Å². The van der Waals surface area contributed by atoms with Gasteiger partial charge in [-0.2, -0.15) is 0 Å². The molecule has 1 aromatic carbocycles. The van der Waals surface area contributed by atoms with Crippen molar-refractivity contribution in [1.29, 1.82) is 0 Å². The molecule has 0 bridgehead atoms. The third-order valence-electron chi connectivity index (χ3n) is 5.22. The number of hydrogen-bond acceptors (Lipinski definition) is 3. The number of hydrogen-bond donors (Lipinski definition) is 1. The molecule has 7 heteroatoms. The van der Waals surface area contributed by atoms with Crippen molar-refractivity contribution in [3.8, 4) is 0 Å². The van der Waals surface area contributed by atoms with E-state index in [1.54, 1.807) is 29.0 Å². The molecule has 1 aromatic rings. The molecule has 134 valence electrons. The Bertz CT molecular complexity index is 708. The zero-order valence-corrected chi connectivity index (χ0v) is 14.8. The number of carbonyl (C=O) groups is 3. The number of rotatable bonds is 3. The van der Waals surface area contributed by atoms with Crippen LogP contribution in [0.15, 0.2) is 24.3 Å². The summed E-state index contributed by atoms with van der Waals surface area (Å²) >= 11 is 6.09. The molecule has 2 aliphatic heterocycles. The van der Waals surface area contributed by atoms with Crippen LogP contribution in [0.3, 0.4) is 0 Å². The molecule has 25 heavy (non-hydrogen) atoms. The molecule has 0 unspecified atom stereocenters. The second kappa shape index (κ2) is 7.04. The van der Waals surface area contributed by atoms with Gasteiger partial charge in [0, 0.05) is 31.6 Å². The first-order valence-electron chi connectivity index (χ1n) is 8.41. The third kappa shape index (κ3) is 3.49. The van der Waals surface area contributed by atoms with E-state index in [1.807, 2.05) is 12.1 Å². The first-order chi connectivity index (χ1) is 11.9. The van der Waals surface area contributed by atoms with E-state index in [1.165, 1.54) is 0 Å². The monoisotopic (exact) mass is 364 g/mol. The summed E-state index contributed by atoms with van der Waals surface area (Å²) in [6.45, 7) is 0.691. The first kappa shape index (κ1) is 17.7. The van der Waals surface area contributed by atoms with E-state index >= 15 is 0 Å². The van der Waals surface area contributed by atoms with Crippen molar-refractivity contribution in [1.82, 2.24) is 9.80 Å². The Balaban J connectivity index is 1.86. The lowest BCUT2D eigenvalue weighted by atomic mass is 9.83. The van der Waals surface area contributed by atoms with Gasteiger partial charge in [0.15, 0.2) is 0 Å². The van der Waals surface area contributed by atoms with Crippen LogP contribution in [0.25, 0.3) is 0 Å². The molecule has 2 aliphatic rings. The van der Waals surface area contributed by atoms with Gasteiger partial charge in [-0.15, -0.1) is 0 Å². The van der Waals surface area contributed by atoms with Crippen LogP contribution in [-0.2, 0) is 14.4 Å². The molecular weight excluding hydrogens is 344 g/mol. The summed E-state index contributed by atoms with van der Waals surface area (Å²) < 4.78 is 0. The van der Waals surface area contributed by atoms with Gasteiger partial charge >= 0.3 is 5.97 Å². The van der Waals surface area contributed by atoms with Crippen molar-refractivity contribution in [3.05, 3.63) is 34.9 Å². The van der Waals surface area contributed by atoms with Crippen molar-refractivity contribution in [2.24, 2.45) is 11.8 Å². The lowest BCUT2D eigenvalue weighted by molar-refractivity contribution is -0.146. The van der Waals surface area contributed by atoms with Crippen molar-refractivity contribution in [2.75, 3.05) is 20.1 Å². The lowest BCUT2D eigenvalue weighted by Gasteiger charge is -2.40. The molecule has 0 spiro atoms. The number of likely N-dealkylation sites (tertiary alicyclic amines) is 2. The Morgan fingerprint density at radius 3 is 2.68 bits per heavy atom. The van der Waals surface area contributed by atoms with Crippen LogP contribution in [0.2, 0.25) is 5.02 Å². The molecule has 3 atom stereocenters. The summed E-state index contributed by atoms with van der Waals surface area (Å²) in [5.74, 6) is -1.82. The number of carboxylic acid groups (broad SMARTS) is 1. The average Bonchev–Trinajstić information content (AvgIpc) is 3.07. The van der Waals surface area contributed by atoms with Crippen LogP contribution in [0.5, 0.6) is 0 Å². The van der Waals surface area contributed by atoms with Crippen LogP contribution in [-0.4, -0.2) is 52.8 Å². The molecule has 2 saturated heterocycles. The van der Waals surface area contributed by atoms with Crippen LogP contribution >= 0.6 is 11.6 Å². The quantitative estimate of drug-likeness (QED) is 0.891. The lowest BCUT2D eigenvalue weighted by Crippen LogP contribution is -2.47. The maximum absolute atomic E-state index is 13.1. The highest BCUT2D eigenvalue weighted by atomic mass is 35.5. The van der Waals surface area contributed by atoms with Crippen molar-refractivity contribution >= 4 is 29.4 Å². The molecule has 1 N–H and O–H groups in total. The number of piperidine rings is 1. The van der Waals surface area contributed by atoms with Gasteiger partial charge < -0.3 is 14.9 Å². The minimum absolute atomic E-state index is 0.00106. The van der Waals surface area contributed by atoms with E-state index in [2.05, 4.69) is 0 Å². The molecule has 0 saturated carbocycles. The fourth-order valence-corrected chi connectivity index (χ4v) is 4.04. The third-order valence-corrected chi connectivity index (χ3v) is 5.45. The number of aliphatic carboxylic acids is 1. The van der Waals surface area contributed by atoms with Crippen LogP contribution in [0.4, 0.5) is 0 Å². The van der Waals surface area contributed by atoms with Gasteiger partial charge in [-0.25, -0.2) is 0 Å². The summed E-state index contributed by atoms with van der Waals surface area (Å²) in [6, 6.07) is 6.84. The van der Waals surface area contributed by atoms with Gasteiger partial charge in [0.2, 0.25) is 11.8 Å². The molecule has 2 amide bonds. The second-order valence-corrected chi connectivity index (χ2v) is 7.19. The van der Waals surface area contributed by atoms with Gasteiger partial charge in [0.05, 0.1) is 17.9 Å². The molecule has 0 radical (unpaired) electrons. The molecule has 2 heterocycles. The molecule has 6 nitrogen and oxygen atoms in total. The summed E-state index contributed by atoms with van der Waals surface area (Å²) in [5.41, 5.74) is 0.829. The minimum atomic E-state index is -0.863. The summed E-state index contributed by atoms with van der Waals surface area (Å²) in [7, 11) is 1.71. The topological polar surface area (TPSA) is 77.9 Å². The highest BCUT2D eigenvalue weighted by Gasteiger charge is 2.42. The van der Waals surface area contributed by atoms with E-state index < -0.39 is 11.9 Å². The number of nitrogens with zero attached hydrogens (tertiary/aromatic N) is 2. The number of carbonyl (C=O) groups excluding carboxylic acids is 2. The SMILES string of the molecule is CN1C(=O)CC[C@H](C(=O)N2CC[C@H](C(=O)O)C2)[C@@H]1c1cccc(Cl)c1. The maximum atomic E-state index is 13.1. The van der Waals surface area contributed by atoms with Crippen molar-refractivity contribution in [3.63, 3.8) is 0 Å². The molecular formula is C18H21ClN2O4. The Morgan fingerprint density at radius 2 is 2.04 bits per heavy atom. The van der Waals surface area contributed by atoms with Crippen molar-refractivity contribution < 1.29 is 19.5 Å². The van der Waals surface area contributed by atoms with Crippen LogP contribution in [0, 0.1) is 11.8 Å². The minimum Gasteiger partial charge on any atom is -0.481 e. The number of amides is 2. The number of carboxylic acids is 1. The highest BCUT2D eigenvalue weighted by molar-refractivity contribution is 6.30. The molecule has 0 aliphatic carbocycles. The normalized spacial score (nSPS) is 26.8. The van der Waals surface area contributed by atoms with E-state index in [9.17, 15) is 14.4 Å². The van der Waals surface area contributed by atoms with Crippen LogP contribution < -0.4 is 0 Å². The second-order valence-electron chi connectivity index (χ2n) is 6.76. The number of halogens is 1. The van der Waals surface area contributed by atoms with Gasteiger partial charge in [0.25, 0.3) is 0 Å². The Labute approximate surface area is 151 Å². The first-order valence-corrected chi connectivity index (χ1v) is 8.79. The predicted octanol–water partition coefficient (Wildman–Crippen LogP) is 2.18. The summed E-state index contributed by atoms with van der Waals surface area (Å²) in [4.78, 5) is 39.6. The van der Waals surface area contributed by atoms with Gasteiger partial charge in [-0.3, -0.25) is 14.4 Å². The fraction of sp³-hybridized carbons (Fsp3) is 0.500. The Hall–Kier alpha value is -2.08. The smallest absolute Gasteiger partial charge is 0.308 e. The van der Waals surface area contributed by atoms with Gasteiger partial charge in [0.1, 0.15) is 0 Å². The standard InChI is InChI=1S/C18H21ClN2O4/c1-20-15(22)6-5-14(16(20)11-3-2-4-13(19)9-11)17(23)21-8-7-12(10-21)18(24)25/h2-4,9,12,14,16H,5-8,10H2,1H3,(H,24,25)/t12-,14-,16-/m0/s1. The number of benzene rings is 1. The van der Waals surface area contributed by atoms with E-state index in [4.69, 9.17) is 16.7 Å². The molecule has 3 rings (SSSR count). The van der Waals surface area contributed by atoms with Crippen molar-refractivity contribution in [2.45, 2.75) is 25.3 Å². The zero-order valence-electron chi connectivity index (χ0n) is 14.0. The predicted molar refractivity (Wildman–Crippen MR) is 92.0 cm³/mol.